The molecule has 1 aromatic heterocycles. The van der Waals surface area contributed by atoms with Gasteiger partial charge in [-0.1, -0.05) is 6.07 Å². The molecule has 1 aromatic carbocycles. The van der Waals surface area contributed by atoms with Crippen LogP contribution in [-0.4, -0.2) is 33.0 Å². The Morgan fingerprint density at radius 3 is 2.73 bits per heavy atom. The molecule has 0 spiro atoms. The van der Waals surface area contributed by atoms with Gasteiger partial charge in [0.15, 0.2) is 5.82 Å². The summed E-state index contributed by atoms with van der Waals surface area (Å²) in [5, 5.41) is 17.8. The van der Waals surface area contributed by atoms with E-state index >= 15 is 0 Å². The highest BCUT2D eigenvalue weighted by Crippen LogP contribution is 2.40. The number of para-hydroxylation sites is 1. The quantitative estimate of drug-likeness (QED) is 0.844. The van der Waals surface area contributed by atoms with Crippen molar-refractivity contribution in [3.63, 3.8) is 0 Å². The fraction of sp³-hybridized carbons (Fsp3) is 0.250. The van der Waals surface area contributed by atoms with Gasteiger partial charge in [-0.25, -0.2) is 4.79 Å². The third-order valence-corrected chi connectivity index (χ3v) is 3.24. The van der Waals surface area contributed by atoms with Crippen LogP contribution in [0.15, 0.2) is 18.2 Å². The molecule has 10 heteroatoms. The van der Waals surface area contributed by atoms with Crippen LogP contribution in [0.1, 0.15) is 11.6 Å². The van der Waals surface area contributed by atoms with Gasteiger partial charge in [0, 0.05) is 7.05 Å². The van der Waals surface area contributed by atoms with Crippen LogP contribution >= 0.6 is 0 Å². The molecule has 1 aliphatic rings. The summed E-state index contributed by atoms with van der Waals surface area (Å²) in [6, 6.07) is 4.40. The van der Waals surface area contributed by atoms with Crippen molar-refractivity contribution in [3.05, 3.63) is 29.8 Å². The average Bonchev–Trinajstić information content (AvgIpc) is 2.81. The van der Waals surface area contributed by atoms with E-state index in [0.717, 1.165) is 4.57 Å². The van der Waals surface area contributed by atoms with E-state index in [2.05, 4.69) is 15.5 Å². The van der Waals surface area contributed by atoms with Crippen LogP contribution in [0.4, 0.5) is 29.3 Å². The lowest BCUT2D eigenvalue weighted by Gasteiger charge is -2.30. The Balaban J connectivity index is 2.24. The fourth-order valence-electron chi connectivity index (χ4n) is 2.48. The number of benzene rings is 1. The predicted octanol–water partition coefficient (Wildman–Crippen LogP) is 2.33. The molecular formula is C12H10F3N5O2. The molecule has 22 heavy (non-hydrogen) atoms. The largest absolute Gasteiger partial charge is 0.465 e. The molecule has 0 bridgehead atoms. The average molecular weight is 313 g/mol. The molecule has 0 aliphatic carbocycles. The Bertz CT molecular complexity index is 756. The van der Waals surface area contributed by atoms with Crippen molar-refractivity contribution in [2.45, 2.75) is 12.7 Å². The third kappa shape index (κ3) is 2.12. The Hall–Kier alpha value is -2.78. The minimum atomic E-state index is -4.66. The summed E-state index contributed by atoms with van der Waals surface area (Å²) in [6.45, 7) is 0.0778. The Morgan fingerprint density at radius 2 is 2.09 bits per heavy atom. The molecule has 3 rings (SSSR count). The van der Waals surface area contributed by atoms with Gasteiger partial charge in [-0.2, -0.15) is 13.2 Å². The molecule has 0 unspecified atom stereocenters. The summed E-state index contributed by atoms with van der Waals surface area (Å²) in [5.74, 6) is -1.00. The topological polar surface area (TPSA) is 83.3 Å². The summed E-state index contributed by atoms with van der Waals surface area (Å²) < 4.78 is 40.1. The maximum absolute atomic E-state index is 13.1. The minimum Gasteiger partial charge on any atom is -0.465 e. The van der Waals surface area contributed by atoms with Crippen molar-refractivity contribution in [3.8, 4) is 5.69 Å². The van der Waals surface area contributed by atoms with Crippen molar-refractivity contribution in [1.29, 1.82) is 0 Å². The van der Waals surface area contributed by atoms with Gasteiger partial charge in [-0.3, -0.25) is 9.88 Å². The zero-order valence-electron chi connectivity index (χ0n) is 11.2. The van der Waals surface area contributed by atoms with Crippen molar-refractivity contribution >= 4 is 17.5 Å². The van der Waals surface area contributed by atoms with Crippen LogP contribution in [0.2, 0.25) is 0 Å². The van der Waals surface area contributed by atoms with Crippen molar-refractivity contribution in [1.82, 2.24) is 14.8 Å². The second-order valence-corrected chi connectivity index (χ2v) is 4.73. The number of hydrogen-bond donors (Lipinski definition) is 2. The van der Waals surface area contributed by atoms with Gasteiger partial charge in [0.2, 0.25) is 5.82 Å². The molecule has 0 atom stereocenters. The molecule has 7 nitrogen and oxygen atoms in total. The van der Waals surface area contributed by atoms with E-state index in [1.165, 1.54) is 18.2 Å². The maximum Gasteiger partial charge on any atom is 0.452 e. The number of nitrogens with zero attached hydrogens (tertiary/aromatic N) is 4. The van der Waals surface area contributed by atoms with E-state index in [1.54, 1.807) is 11.9 Å². The van der Waals surface area contributed by atoms with E-state index in [9.17, 15) is 18.0 Å². The monoisotopic (exact) mass is 313 g/mol. The number of nitrogens with one attached hydrogen (secondary N) is 1. The molecule has 2 aromatic rings. The third-order valence-electron chi connectivity index (χ3n) is 3.24. The van der Waals surface area contributed by atoms with E-state index in [4.69, 9.17) is 5.11 Å². The smallest absolute Gasteiger partial charge is 0.452 e. The first kappa shape index (κ1) is 14.2. The van der Waals surface area contributed by atoms with Gasteiger partial charge in [0.25, 0.3) is 0 Å². The number of hydrogen-bond acceptors (Lipinski definition) is 4. The van der Waals surface area contributed by atoms with Crippen molar-refractivity contribution < 1.29 is 23.1 Å². The van der Waals surface area contributed by atoms with Crippen LogP contribution in [0.5, 0.6) is 0 Å². The van der Waals surface area contributed by atoms with E-state index in [0.29, 0.717) is 5.69 Å². The number of halogens is 3. The Morgan fingerprint density at radius 1 is 1.36 bits per heavy atom. The number of anilines is 2. The number of aromatic nitrogens is 3. The highest BCUT2D eigenvalue weighted by molar-refractivity contribution is 5.91. The lowest BCUT2D eigenvalue weighted by Crippen LogP contribution is -2.29. The first-order valence-electron chi connectivity index (χ1n) is 6.15. The molecule has 0 saturated carbocycles. The molecule has 0 radical (unpaired) electrons. The Kier molecular flexibility index (Phi) is 2.97. The molecule has 0 fully saturated rings. The molecule has 116 valence electrons. The summed E-state index contributed by atoms with van der Waals surface area (Å²) in [7, 11) is 1.64. The minimum absolute atomic E-state index is 0.0778. The van der Waals surface area contributed by atoms with E-state index in [1.807, 2.05) is 0 Å². The zero-order valence-corrected chi connectivity index (χ0v) is 11.2. The highest BCUT2D eigenvalue weighted by atomic mass is 19.4. The first-order valence-corrected chi connectivity index (χ1v) is 6.15. The zero-order chi connectivity index (χ0) is 16.1. The number of alkyl halides is 3. The molecule has 1 aliphatic heterocycles. The first-order chi connectivity index (χ1) is 10.3. The van der Waals surface area contributed by atoms with Crippen LogP contribution in [0, 0.1) is 0 Å². The fourth-order valence-corrected chi connectivity index (χ4v) is 2.48. The van der Waals surface area contributed by atoms with Gasteiger partial charge in [-0.15, -0.1) is 10.2 Å². The molecular weight excluding hydrogens is 303 g/mol. The van der Waals surface area contributed by atoms with Crippen molar-refractivity contribution in [2.75, 3.05) is 17.3 Å². The number of carboxylic acid groups (broad SMARTS) is 1. The van der Waals surface area contributed by atoms with Gasteiger partial charge < -0.3 is 10.0 Å². The highest BCUT2D eigenvalue weighted by Gasteiger charge is 2.41. The van der Waals surface area contributed by atoms with Gasteiger partial charge >= 0.3 is 12.3 Å². The van der Waals surface area contributed by atoms with Gasteiger partial charge in [-0.05, 0) is 12.1 Å². The van der Waals surface area contributed by atoms with Gasteiger partial charge in [0.05, 0.1) is 23.6 Å². The van der Waals surface area contributed by atoms with E-state index < -0.39 is 18.1 Å². The number of amides is 1. The summed E-state index contributed by atoms with van der Waals surface area (Å²) in [6.07, 6.45) is -5.96. The maximum atomic E-state index is 13.1. The number of carbonyl (C=O) groups is 1. The molecule has 0 saturated heterocycles. The summed E-state index contributed by atoms with van der Waals surface area (Å²) >= 11 is 0. The summed E-state index contributed by atoms with van der Waals surface area (Å²) in [5.41, 5.74) is 0.704. The molecule has 1 amide bonds. The van der Waals surface area contributed by atoms with Crippen LogP contribution in [0.3, 0.4) is 0 Å². The molecule has 2 heterocycles. The van der Waals surface area contributed by atoms with E-state index in [-0.39, 0.29) is 23.7 Å². The van der Waals surface area contributed by atoms with Crippen LogP contribution in [-0.2, 0) is 12.7 Å². The van der Waals surface area contributed by atoms with Crippen LogP contribution in [0.25, 0.3) is 5.69 Å². The standard InChI is InChI=1S/C12H10F3N5O2/c1-19-5-8-17-18-10(12(13,14)15)20(8)7-4-2-3-6(9(7)19)16-11(21)22/h2-4,16H,5H2,1H3,(H,21,22). The summed E-state index contributed by atoms with van der Waals surface area (Å²) in [4.78, 5) is 12.5. The second-order valence-electron chi connectivity index (χ2n) is 4.73. The molecule has 2 N–H and O–H groups in total. The number of rotatable bonds is 1. The number of fused-ring (bicyclic) bond motifs is 3. The van der Waals surface area contributed by atoms with Crippen molar-refractivity contribution in [2.24, 2.45) is 0 Å². The van der Waals surface area contributed by atoms with Crippen LogP contribution < -0.4 is 10.2 Å². The second kappa shape index (κ2) is 4.61. The lowest BCUT2D eigenvalue weighted by molar-refractivity contribution is -0.146. The lowest BCUT2D eigenvalue weighted by atomic mass is 10.1. The SMILES string of the molecule is CN1Cc2nnc(C(F)(F)F)n2-c2cccc(NC(=O)O)c21. The van der Waals surface area contributed by atoms with Gasteiger partial charge in [0.1, 0.15) is 0 Å². The predicted molar refractivity (Wildman–Crippen MR) is 70.1 cm³/mol. The Labute approximate surface area is 122 Å². The normalized spacial score (nSPS) is 13.5.